The molecule has 15 heavy (non-hydrogen) atoms. The number of nitrogens with one attached hydrogen (secondary N) is 1. The second-order valence-electron chi connectivity index (χ2n) is 3.14. The molecule has 0 aliphatic heterocycles. The minimum absolute atomic E-state index is 0.0656. The summed E-state index contributed by atoms with van der Waals surface area (Å²) in [6.45, 7) is 0. The second kappa shape index (κ2) is 4.90. The third kappa shape index (κ3) is 4.13. The van der Waals surface area contributed by atoms with Crippen LogP contribution in [0.25, 0.3) is 0 Å². The Kier molecular flexibility index (Phi) is 4.04. The molecule has 6 heteroatoms. The SMILES string of the molecule is CNC(CCC(F)(F)F)c1ccc(Cl)o1. The quantitative estimate of drug-likeness (QED) is 0.872. The van der Waals surface area contributed by atoms with Gasteiger partial charge in [-0.05, 0) is 37.2 Å². The van der Waals surface area contributed by atoms with Crippen molar-refractivity contribution in [1.29, 1.82) is 0 Å². The molecule has 0 aliphatic rings. The molecule has 1 N–H and O–H groups in total. The van der Waals surface area contributed by atoms with Gasteiger partial charge in [-0.2, -0.15) is 13.2 Å². The molecular weight excluding hydrogens is 231 g/mol. The molecule has 1 atom stereocenters. The normalized spacial score (nSPS) is 14.2. The van der Waals surface area contributed by atoms with Crippen LogP contribution >= 0.6 is 11.6 Å². The second-order valence-corrected chi connectivity index (χ2v) is 3.51. The maximum atomic E-state index is 12.0. The minimum Gasteiger partial charge on any atom is -0.448 e. The van der Waals surface area contributed by atoms with Gasteiger partial charge in [0.2, 0.25) is 0 Å². The van der Waals surface area contributed by atoms with Crippen LogP contribution in [0.3, 0.4) is 0 Å². The lowest BCUT2D eigenvalue weighted by Gasteiger charge is -2.14. The molecule has 0 saturated carbocycles. The average molecular weight is 242 g/mol. The molecule has 1 heterocycles. The highest BCUT2D eigenvalue weighted by Crippen LogP contribution is 2.28. The lowest BCUT2D eigenvalue weighted by atomic mass is 10.1. The van der Waals surface area contributed by atoms with E-state index in [4.69, 9.17) is 16.0 Å². The molecule has 1 aromatic heterocycles. The van der Waals surface area contributed by atoms with Crippen molar-refractivity contribution in [2.75, 3.05) is 7.05 Å². The summed E-state index contributed by atoms with van der Waals surface area (Å²) in [4.78, 5) is 0. The zero-order valence-corrected chi connectivity index (χ0v) is 8.82. The standard InChI is InChI=1S/C9H11ClF3NO/c1-14-6(4-5-9(11,12)13)7-2-3-8(10)15-7/h2-3,6,14H,4-5H2,1H3. The monoisotopic (exact) mass is 241 g/mol. The fourth-order valence-electron chi connectivity index (χ4n) is 1.25. The zero-order valence-electron chi connectivity index (χ0n) is 8.07. The summed E-state index contributed by atoms with van der Waals surface area (Å²) in [5.74, 6) is 0.423. The Hall–Kier alpha value is -0.680. The molecule has 0 saturated heterocycles. The van der Waals surface area contributed by atoms with Crippen LogP contribution in [0.5, 0.6) is 0 Å². The predicted octanol–water partition coefficient (Wildman–Crippen LogP) is 3.54. The number of hydrogen-bond donors (Lipinski definition) is 1. The van der Waals surface area contributed by atoms with Gasteiger partial charge in [0.1, 0.15) is 5.76 Å². The highest BCUT2D eigenvalue weighted by molar-refractivity contribution is 6.28. The Bertz CT molecular complexity index is 311. The van der Waals surface area contributed by atoms with Crippen molar-refractivity contribution >= 4 is 11.6 Å². The van der Waals surface area contributed by atoms with Crippen molar-refractivity contribution in [3.63, 3.8) is 0 Å². The number of hydrogen-bond acceptors (Lipinski definition) is 2. The van der Waals surface area contributed by atoms with Crippen molar-refractivity contribution < 1.29 is 17.6 Å². The molecule has 0 aliphatic carbocycles. The van der Waals surface area contributed by atoms with Crippen molar-refractivity contribution in [1.82, 2.24) is 5.32 Å². The van der Waals surface area contributed by atoms with Gasteiger partial charge in [0, 0.05) is 6.42 Å². The number of alkyl halides is 3. The summed E-state index contributed by atoms with van der Waals surface area (Å²) in [7, 11) is 1.58. The van der Waals surface area contributed by atoms with Gasteiger partial charge in [-0.1, -0.05) is 0 Å². The summed E-state index contributed by atoms with van der Waals surface area (Å²) in [6, 6.07) is 2.62. The van der Waals surface area contributed by atoms with E-state index in [9.17, 15) is 13.2 Å². The van der Waals surface area contributed by atoms with Gasteiger partial charge in [0.15, 0.2) is 5.22 Å². The van der Waals surface area contributed by atoms with Crippen LogP contribution in [0.1, 0.15) is 24.6 Å². The topological polar surface area (TPSA) is 25.2 Å². The average Bonchev–Trinajstić information content (AvgIpc) is 2.51. The Morgan fingerprint density at radius 2 is 2.13 bits per heavy atom. The fraction of sp³-hybridized carbons (Fsp3) is 0.556. The molecule has 0 bridgehead atoms. The molecule has 1 unspecified atom stereocenters. The Morgan fingerprint density at radius 3 is 2.53 bits per heavy atom. The van der Waals surface area contributed by atoms with E-state index in [0.717, 1.165) is 0 Å². The molecule has 0 aromatic carbocycles. The van der Waals surface area contributed by atoms with Crippen LogP contribution in [0.2, 0.25) is 5.22 Å². The zero-order chi connectivity index (χ0) is 11.5. The van der Waals surface area contributed by atoms with Gasteiger partial charge in [-0.3, -0.25) is 0 Å². The molecule has 1 rings (SSSR count). The van der Waals surface area contributed by atoms with Gasteiger partial charge >= 0.3 is 6.18 Å². The van der Waals surface area contributed by atoms with Crippen molar-refractivity contribution in [3.8, 4) is 0 Å². The first-order valence-electron chi connectivity index (χ1n) is 4.41. The first-order chi connectivity index (χ1) is 6.92. The van der Waals surface area contributed by atoms with E-state index in [0.29, 0.717) is 5.76 Å². The van der Waals surface area contributed by atoms with Crippen LogP contribution in [-0.2, 0) is 0 Å². The molecule has 2 nitrogen and oxygen atoms in total. The Labute approximate surface area is 90.4 Å². The van der Waals surface area contributed by atoms with E-state index in [2.05, 4.69) is 5.32 Å². The van der Waals surface area contributed by atoms with Crippen LogP contribution in [0.4, 0.5) is 13.2 Å². The van der Waals surface area contributed by atoms with Crippen molar-refractivity contribution in [2.24, 2.45) is 0 Å². The van der Waals surface area contributed by atoms with E-state index in [1.165, 1.54) is 6.07 Å². The molecule has 0 fully saturated rings. The van der Waals surface area contributed by atoms with Crippen LogP contribution in [-0.4, -0.2) is 13.2 Å². The van der Waals surface area contributed by atoms with Gasteiger partial charge in [-0.15, -0.1) is 0 Å². The third-order valence-electron chi connectivity index (χ3n) is 2.00. The summed E-state index contributed by atoms with van der Waals surface area (Å²) >= 11 is 5.53. The molecule has 0 radical (unpaired) electrons. The molecule has 0 spiro atoms. The Morgan fingerprint density at radius 1 is 1.47 bits per heavy atom. The van der Waals surface area contributed by atoms with Gasteiger partial charge in [-0.25, -0.2) is 0 Å². The third-order valence-corrected chi connectivity index (χ3v) is 2.21. The van der Waals surface area contributed by atoms with E-state index in [1.807, 2.05) is 0 Å². The summed E-state index contributed by atoms with van der Waals surface area (Å²) in [6.07, 6.45) is -5.06. The summed E-state index contributed by atoms with van der Waals surface area (Å²) in [5, 5.41) is 2.93. The number of halogens is 4. The predicted molar refractivity (Wildman–Crippen MR) is 50.8 cm³/mol. The number of furan rings is 1. The minimum atomic E-state index is -4.15. The van der Waals surface area contributed by atoms with Gasteiger partial charge in [0.05, 0.1) is 6.04 Å². The van der Waals surface area contributed by atoms with Gasteiger partial charge < -0.3 is 9.73 Å². The van der Waals surface area contributed by atoms with E-state index < -0.39 is 18.6 Å². The van der Waals surface area contributed by atoms with E-state index in [-0.39, 0.29) is 11.6 Å². The van der Waals surface area contributed by atoms with Crippen LogP contribution in [0.15, 0.2) is 16.5 Å². The van der Waals surface area contributed by atoms with Gasteiger partial charge in [0.25, 0.3) is 0 Å². The van der Waals surface area contributed by atoms with Crippen LogP contribution in [0, 0.1) is 0 Å². The molecular formula is C9H11ClF3NO. The number of rotatable bonds is 4. The van der Waals surface area contributed by atoms with Crippen molar-refractivity contribution in [3.05, 3.63) is 23.1 Å². The molecule has 0 amide bonds. The maximum absolute atomic E-state index is 12.0. The van der Waals surface area contributed by atoms with Crippen LogP contribution < -0.4 is 5.32 Å². The highest BCUT2D eigenvalue weighted by Gasteiger charge is 2.29. The van der Waals surface area contributed by atoms with Crippen molar-refractivity contribution in [2.45, 2.75) is 25.1 Å². The first kappa shape index (κ1) is 12.4. The lowest BCUT2D eigenvalue weighted by molar-refractivity contribution is -0.136. The van der Waals surface area contributed by atoms with E-state index in [1.54, 1.807) is 13.1 Å². The smallest absolute Gasteiger partial charge is 0.389 e. The van der Waals surface area contributed by atoms with E-state index >= 15 is 0 Å². The summed E-state index contributed by atoms with van der Waals surface area (Å²) < 4.78 is 41.0. The largest absolute Gasteiger partial charge is 0.448 e. The Balaban J connectivity index is 2.57. The fourth-order valence-corrected chi connectivity index (χ4v) is 1.40. The first-order valence-corrected chi connectivity index (χ1v) is 4.79. The maximum Gasteiger partial charge on any atom is 0.389 e. The molecule has 86 valence electrons. The summed E-state index contributed by atoms with van der Waals surface area (Å²) in [5.41, 5.74) is 0. The molecule has 1 aromatic rings. The highest BCUT2D eigenvalue weighted by atomic mass is 35.5. The lowest BCUT2D eigenvalue weighted by Crippen LogP contribution is -2.19.